The molecule has 0 saturated heterocycles. The van der Waals surface area contributed by atoms with Crippen molar-refractivity contribution in [2.75, 3.05) is 6.26 Å². The van der Waals surface area contributed by atoms with E-state index in [1.165, 1.54) is 0 Å². The number of benzene rings is 3. The Balaban J connectivity index is 2.25. The minimum Gasteiger partial charge on any atom is -0.612 e. The number of rotatable bonds is 3. The largest absolute Gasteiger partial charge is 0.612 e. The second-order valence-corrected chi connectivity index (χ2v) is 7.27. The van der Waals surface area contributed by atoms with Crippen LogP contribution in [0.4, 0.5) is 0 Å². The van der Waals surface area contributed by atoms with E-state index in [0.717, 1.165) is 31.6 Å². The second kappa shape index (κ2) is 6.69. The zero-order chi connectivity index (χ0) is 15.5. The summed E-state index contributed by atoms with van der Waals surface area (Å²) in [6.45, 7) is 0. The molecule has 0 bridgehead atoms. The molecule has 22 heavy (non-hydrogen) atoms. The van der Waals surface area contributed by atoms with Crippen LogP contribution in [-0.4, -0.2) is 10.8 Å². The van der Waals surface area contributed by atoms with Gasteiger partial charge in [-0.3, -0.25) is 0 Å². The van der Waals surface area contributed by atoms with Crippen LogP contribution in [0.2, 0.25) is 0 Å². The molecule has 1 unspecified atom stereocenters. The standard InChI is InChI=1S/C19H15BrOS/c1-22(21)19-10-6-5-9-17(19)16-12-11-15(20)13-18(16)14-7-3-2-4-8-14/h2-13H,1H3. The van der Waals surface area contributed by atoms with Crippen LogP contribution in [-0.2, 0) is 11.2 Å². The van der Waals surface area contributed by atoms with Gasteiger partial charge in [0.2, 0.25) is 0 Å². The predicted octanol–water partition coefficient (Wildman–Crippen LogP) is 5.52. The first kappa shape index (κ1) is 15.3. The maximum absolute atomic E-state index is 12.1. The summed E-state index contributed by atoms with van der Waals surface area (Å²) in [6, 6.07) is 24.4. The van der Waals surface area contributed by atoms with Gasteiger partial charge in [0.25, 0.3) is 0 Å². The Morgan fingerprint density at radius 3 is 2.18 bits per heavy atom. The Labute approximate surface area is 142 Å². The van der Waals surface area contributed by atoms with Gasteiger partial charge < -0.3 is 4.55 Å². The first-order valence-corrected chi connectivity index (χ1v) is 9.30. The molecular formula is C19H15BrOS. The molecule has 0 spiro atoms. The lowest BCUT2D eigenvalue weighted by atomic mass is 9.95. The molecule has 3 heteroatoms. The van der Waals surface area contributed by atoms with Crippen LogP contribution in [0.5, 0.6) is 0 Å². The van der Waals surface area contributed by atoms with Crippen LogP contribution in [0.1, 0.15) is 0 Å². The molecule has 0 amide bonds. The Bertz CT molecular complexity index is 784. The van der Waals surface area contributed by atoms with E-state index in [1.54, 1.807) is 6.26 Å². The van der Waals surface area contributed by atoms with Crippen molar-refractivity contribution in [2.45, 2.75) is 4.90 Å². The number of hydrogen-bond acceptors (Lipinski definition) is 1. The molecule has 0 aliphatic heterocycles. The van der Waals surface area contributed by atoms with Crippen molar-refractivity contribution in [3.8, 4) is 22.3 Å². The van der Waals surface area contributed by atoms with Crippen molar-refractivity contribution in [3.05, 3.63) is 77.3 Å². The zero-order valence-corrected chi connectivity index (χ0v) is 14.5. The van der Waals surface area contributed by atoms with Gasteiger partial charge in [-0.25, -0.2) is 0 Å². The third kappa shape index (κ3) is 3.12. The summed E-state index contributed by atoms with van der Waals surface area (Å²) in [6.07, 6.45) is 1.72. The highest BCUT2D eigenvalue weighted by Gasteiger charge is 2.16. The highest BCUT2D eigenvalue weighted by molar-refractivity contribution is 9.10. The molecule has 3 rings (SSSR count). The normalized spacial score (nSPS) is 12.1. The molecule has 3 aromatic rings. The summed E-state index contributed by atoms with van der Waals surface area (Å²) in [4.78, 5) is 0.863. The summed E-state index contributed by atoms with van der Waals surface area (Å²) in [5.41, 5.74) is 4.40. The summed E-state index contributed by atoms with van der Waals surface area (Å²) in [5, 5.41) is 0. The van der Waals surface area contributed by atoms with E-state index in [0.29, 0.717) is 0 Å². The van der Waals surface area contributed by atoms with Crippen LogP contribution in [0.25, 0.3) is 22.3 Å². The van der Waals surface area contributed by atoms with Crippen molar-refractivity contribution in [1.29, 1.82) is 0 Å². The van der Waals surface area contributed by atoms with Gasteiger partial charge in [0.15, 0.2) is 4.90 Å². The maximum atomic E-state index is 12.1. The molecule has 110 valence electrons. The number of hydrogen-bond donors (Lipinski definition) is 0. The summed E-state index contributed by atoms with van der Waals surface area (Å²) >= 11 is 2.53. The fraction of sp³-hybridized carbons (Fsp3) is 0.0526. The molecule has 3 aromatic carbocycles. The van der Waals surface area contributed by atoms with Crippen molar-refractivity contribution in [1.82, 2.24) is 0 Å². The maximum Gasteiger partial charge on any atom is 0.160 e. The van der Waals surface area contributed by atoms with E-state index in [4.69, 9.17) is 0 Å². The molecule has 0 aliphatic rings. The summed E-state index contributed by atoms with van der Waals surface area (Å²) in [5.74, 6) is 0. The molecule has 0 aliphatic carbocycles. The van der Waals surface area contributed by atoms with Crippen molar-refractivity contribution >= 4 is 27.1 Å². The van der Waals surface area contributed by atoms with E-state index in [2.05, 4.69) is 40.2 Å². The molecular weight excluding hydrogens is 356 g/mol. The van der Waals surface area contributed by atoms with Crippen LogP contribution in [0, 0.1) is 0 Å². The lowest BCUT2D eigenvalue weighted by Gasteiger charge is -2.14. The zero-order valence-electron chi connectivity index (χ0n) is 12.1. The molecule has 0 fully saturated rings. The Hall–Kier alpha value is -1.55. The van der Waals surface area contributed by atoms with Crippen molar-refractivity contribution in [2.24, 2.45) is 0 Å². The smallest absolute Gasteiger partial charge is 0.160 e. The summed E-state index contributed by atoms with van der Waals surface area (Å²) in [7, 11) is 0. The van der Waals surface area contributed by atoms with E-state index in [-0.39, 0.29) is 0 Å². The van der Waals surface area contributed by atoms with Crippen LogP contribution in [0.15, 0.2) is 82.2 Å². The topological polar surface area (TPSA) is 23.1 Å². The average Bonchev–Trinajstić information content (AvgIpc) is 2.55. The second-order valence-electron chi connectivity index (χ2n) is 5.01. The first-order chi connectivity index (χ1) is 10.7. The van der Waals surface area contributed by atoms with E-state index in [1.807, 2.05) is 48.5 Å². The quantitative estimate of drug-likeness (QED) is 0.556. The van der Waals surface area contributed by atoms with Gasteiger partial charge in [-0.05, 0) is 52.1 Å². The Morgan fingerprint density at radius 2 is 1.45 bits per heavy atom. The first-order valence-electron chi connectivity index (χ1n) is 6.94. The van der Waals surface area contributed by atoms with Gasteiger partial charge in [0.05, 0.1) is 0 Å². The molecule has 0 saturated carbocycles. The van der Waals surface area contributed by atoms with Crippen LogP contribution in [0.3, 0.4) is 0 Å². The minimum atomic E-state index is -1.02. The van der Waals surface area contributed by atoms with Crippen molar-refractivity contribution < 1.29 is 4.55 Å². The van der Waals surface area contributed by atoms with Gasteiger partial charge in [-0.15, -0.1) is 0 Å². The fourth-order valence-corrected chi connectivity index (χ4v) is 3.67. The molecule has 1 atom stereocenters. The number of halogens is 1. The molecule has 1 nitrogen and oxygen atoms in total. The third-order valence-corrected chi connectivity index (χ3v) is 5.02. The van der Waals surface area contributed by atoms with Gasteiger partial charge in [-0.1, -0.05) is 64.5 Å². The van der Waals surface area contributed by atoms with Crippen LogP contribution < -0.4 is 0 Å². The van der Waals surface area contributed by atoms with Gasteiger partial charge in [0.1, 0.15) is 6.26 Å². The fourth-order valence-electron chi connectivity index (χ4n) is 2.55. The van der Waals surface area contributed by atoms with Gasteiger partial charge in [-0.2, -0.15) is 0 Å². The highest BCUT2D eigenvalue weighted by Crippen LogP contribution is 2.37. The summed E-state index contributed by atoms with van der Waals surface area (Å²) < 4.78 is 13.1. The molecule has 0 aromatic heterocycles. The van der Waals surface area contributed by atoms with E-state index in [9.17, 15) is 4.55 Å². The highest BCUT2D eigenvalue weighted by atomic mass is 79.9. The van der Waals surface area contributed by atoms with E-state index >= 15 is 0 Å². The molecule has 0 N–H and O–H groups in total. The van der Waals surface area contributed by atoms with Crippen molar-refractivity contribution in [3.63, 3.8) is 0 Å². The predicted molar refractivity (Wildman–Crippen MR) is 97.3 cm³/mol. The average molecular weight is 371 g/mol. The van der Waals surface area contributed by atoms with Gasteiger partial charge >= 0.3 is 0 Å². The Kier molecular flexibility index (Phi) is 4.67. The molecule has 0 heterocycles. The molecule has 0 radical (unpaired) electrons. The minimum absolute atomic E-state index is 0.863. The SMILES string of the molecule is C[S+]([O-])c1ccccc1-c1ccc(Br)cc1-c1ccccc1. The van der Waals surface area contributed by atoms with Crippen LogP contribution >= 0.6 is 15.9 Å². The lowest BCUT2D eigenvalue weighted by Crippen LogP contribution is -2.00. The van der Waals surface area contributed by atoms with E-state index < -0.39 is 11.2 Å². The Morgan fingerprint density at radius 1 is 0.773 bits per heavy atom. The third-order valence-electron chi connectivity index (χ3n) is 3.55. The lowest BCUT2D eigenvalue weighted by molar-refractivity contribution is 0.601. The monoisotopic (exact) mass is 370 g/mol. The van der Waals surface area contributed by atoms with Gasteiger partial charge in [0, 0.05) is 10.0 Å².